The molecule has 0 spiro atoms. The van der Waals surface area contributed by atoms with E-state index >= 15 is 0 Å². The summed E-state index contributed by atoms with van der Waals surface area (Å²) in [6.45, 7) is 0.794. The quantitative estimate of drug-likeness (QED) is 0.647. The largest absolute Gasteiger partial charge is 0.380 e. The average molecular weight is 429 g/mol. The minimum atomic E-state index is 0.765. The lowest BCUT2D eigenvalue weighted by Crippen LogP contribution is -1.98. The predicted molar refractivity (Wildman–Crippen MR) is 83.5 cm³/mol. The highest BCUT2D eigenvalue weighted by atomic mass is 127. The Balaban J connectivity index is 2.04. The van der Waals surface area contributed by atoms with Gasteiger partial charge >= 0.3 is 0 Å². The van der Waals surface area contributed by atoms with Crippen LogP contribution < -0.4 is 5.32 Å². The predicted octanol–water partition coefficient (Wildman–Crippen LogP) is 5.38. The van der Waals surface area contributed by atoms with Gasteiger partial charge in [0.2, 0.25) is 0 Å². The fraction of sp³-hybridized carbons (Fsp3) is 0.0909. The fourth-order valence-corrected chi connectivity index (χ4v) is 3.40. The summed E-state index contributed by atoms with van der Waals surface area (Å²) in [5.41, 5.74) is 2.23. The first kappa shape index (κ1) is 12.7. The molecule has 0 amide bonds. The monoisotopic (exact) mass is 427 g/mol. The van der Waals surface area contributed by atoms with Crippen molar-refractivity contribution in [3.05, 3.63) is 47.6 Å². The van der Waals surface area contributed by atoms with Gasteiger partial charge in [0.25, 0.3) is 0 Å². The van der Waals surface area contributed by atoms with E-state index in [1.807, 2.05) is 18.2 Å². The Morgan fingerprint density at radius 2 is 2.19 bits per heavy atom. The third-order valence-electron chi connectivity index (χ3n) is 2.04. The molecule has 0 unspecified atom stereocenters. The molecule has 1 aromatic carbocycles. The first-order chi connectivity index (χ1) is 7.65. The molecule has 0 saturated heterocycles. The van der Waals surface area contributed by atoms with Gasteiger partial charge in [-0.3, -0.25) is 0 Å². The maximum atomic E-state index is 6.13. The van der Waals surface area contributed by atoms with Gasteiger partial charge < -0.3 is 5.32 Å². The van der Waals surface area contributed by atoms with E-state index in [1.165, 1.54) is 5.56 Å². The summed E-state index contributed by atoms with van der Waals surface area (Å²) in [5.74, 6) is 0. The molecule has 0 atom stereocenters. The highest BCUT2D eigenvalue weighted by molar-refractivity contribution is 14.1. The lowest BCUT2D eigenvalue weighted by atomic mass is 10.3. The van der Waals surface area contributed by atoms with Gasteiger partial charge in [-0.2, -0.15) is 0 Å². The van der Waals surface area contributed by atoms with Gasteiger partial charge in [0.05, 0.1) is 14.5 Å². The molecule has 0 fully saturated rings. The van der Waals surface area contributed by atoms with E-state index in [0.29, 0.717) is 0 Å². The molecule has 0 aliphatic rings. The Labute approximate surface area is 125 Å². The van der Waals surface area contributed by atoms with E-state index in [1.54, 1.807) is 11.3 Å². The maximum absolute atomic E-state index is 6.13. The zero-order valence-electron chi connectivity index (χ0n) is 8.14. The minimum absolute atomic E-state index is 0.765. The number of halogens is 3. The fourth-order valence-electron chi connectivity index (χ4n) is 1.27. The normalized spacial score (nSPS) is 10.4. The summed E-state index contributed by atoms with van der Waals surface area (Å²) in [5, 5.41) is 6.21. The van der Waals surface area contributed by atoms with Crippen molar-refractivity contribution in [2.45, 2.75) is 6.54 Å². The molecule has 1 heterocycles. The van der Waals surface area contributed by atoms with Gasteiger partial charge in [-0.15, -0.1) is 11.3 Å². The van der Waals surface area contributed by atoms with Gasteiger partial charge in [0.1, 0.15) is 0 Å². The van der Waals surface area contributed by atoms with Crippen molar-refractivity contribution < 1.29 is 0 Å². The second kappa shape index (κ2) is 5.71. The van der Waals surface area contributed by atoms with Crippen molar-refractivity contribution in [1.82, 2.24) is 0 Å². The van der Waals surface area contributed by atoms with E-state index in [4.69, 9.17) is 11.6 Å². The van der Waals surface area contributed by atoms with Gasteiger partial charge in [-0.1, -0.05) is 11.6 Å². The van der Waals surface area contributed by atoms with E-state index in [9.17, 15) is 0 Å². The van der Waals surface area contributed by atoms with Crippen LogP contribution in [0.15, 0.2) is 33.4 Å². The smallest absolute Gasteiger partial charge is 0.0701 e. The number of hydrogen-bond donors (Lipinski definition) is 1. The summed E-state index contributed by atoms with van der Waals surface area (Å²) >= 11 is 13.5. The van der Waals surface area contributed by atoms with Crippen LogP contribution in [0, 0.1) is 3.57 Å². The van der Waals surface area contributed by atoms with Crippen molar-refractivity contribution in [3.8, 4) is 0 Å². The first-order valence-electron chi connectivity index (χ1n) is 4.57. The number of nitrogens with one attached hydrogen (secondary N) is 1. The van der Waals surface area contributed by atoms with Gasteiger partial charge in [-0.05, 0) is 73.7 Å². The lowest BCUT2D eigenvalue weighted by molar-refractivity contribution is 1.16. The zero-order chi connectivity index (χ0) is 11.5. The molecule has 0 aliphatic carbocycles. The van der Waals surface area contributed by atoms with Crippen LogP contribution in [-0.4, -0.2) is 0 Å². The van der Waals surface area contributed by atoms with Crippen LogP contribution in [0.4, 0.5) is 5.69 Å². The molecule has 1 N–H and O–H groups in total. The molecule has 1 nitrogen and oxygen atoms in total. The number of anilines is 1. The van der Waals surface area contributed by atoms with Crippen LogP contribution in [0.5, 0.6) is 0 Å². The van der Waals surface area contributed by atoms with Crippen LogP contribution in [0.3, 0.4) is 0 Å². The Bertz CT molecular complexity index is 500. The second-order valence-corrected chi connectivity index (χ2v) is 7.18. The van der Waals surface area contributed by atoms with Crippen molar-refractivity contribution in [2.75, 3.05) is 5.32 Å². The Hall–Kier alpha value is 0.220. The molecular formula is C11H8BrClINS. The average Bonchev–Trinajstić information content (AvgIpc) is 2.63. The Morgan fingerprint density at radius 3 is 2.81 bits per heavy atom. The van der Waals surface area contributed by atoms with E-state index in [-0.39, 0.29) is 0 Å². The molecule has 5 heteroatoms. The molecule has 16 heavy (non-hydrogen) atoms. The van der Waals surface area contributed by atoms with Crippen molar-refractivity contribution in [3.63, 3.8) is 0 Å². The SMILES string of the molecule is Clc1cc(I)ccc1NCc1csc(Br)c1. The summed E-state index contributed by atoms with van der Waals surface area (Å²) in [4.78, 5) is 0. The van der Waals surface area contributed by atoms with Crippen molar-refractivity contribution >= 4 is 67.1 Å². The molecule has 0 saturated carbocycles. The molecule has 84 valence electrons. The van der Waals surface area contributed by atoms with Crippen LogP contribution in [0.2, 0.25) is 5.02 Å². The molecule has 0 aliphatic heterocycles. The van der Waals surface area contributed by atoms with E-state index in [2.05, 4.69) is 55.3 Å². The zero-order valence-corrected chi connectivity index (χ0v) is 13.5. The summed E-state index contributed by atoms with van der Waals surface area (Å²) < 4.78 is 2.30. The molecule has 2 rings (SSSR count). The van der Waals surface area contributed by atoms with Crippen LogP contribution in [0.25, 0.3) is 0 Å². The number of hydrogen-bond acceptors (Lipinski definition) is 2. The second-order valence-electron chi connectivity index (χ2n) is 3.24. The summed E-state index contributed by atoms with van der Waals surface area (Å²) in [7, 11) is 0. The highest BCUT2D eigenvalue weighted by Crippen LogP contribution is 2.26. The van der Waals surface area contributed by atoms with Crippen LogP contribution in [-0.2, 0) is 6.54 Å². The van der Waals surface area contributed by atoms with Gasteiger partial charge in [0, 0.05) is 10.1 Å². The highest BCUT2D eigenvalue weighted by Gasteiger charge is 2.01. The topological polar surface area (TPSA) is 12.0 Å². The lowest BCUT2D eigenvalue weighted by Gasteiger charge is -2.07. The van der Waals surface area contributed by atoms with Crippen molar-refractivity contribution in [1.29, 1.82) is 0 Å². The van der Waals surface area contributed by atoms with E-state index in [0.717, 1.165) is 24.6 Å². The number of rotatable bonds is 3. The molecule has 1 aromatic heterocycles. The standard InChI is InChI=1S/C11H8BrClINS/c12-11-3-7(6-16-11)5-15-10-2-1-8(14)4-9(10)13/h1-4,6,15H,5H2. The van der Waals surface area contributed by atoms with Gasteiger partial charge in [0.15, 0.2) is 0 Å². The minimum Gasteiger partial charge on any atom is -0.380 e. The molecule has 0 radical (unpaired) electrons. The summed E-state index contributed by atoms with van der Waals surface area (Å²) in [6.07, 6.45) is 0. The van der Waals surface area contributed by atoms with E-state index < -0.39 is 0 Å². The number of thiophene rings is 1. The maximum Gasteiger partial charge on any atom is 0.0701 e. The van der Waals surface area contributed by atoms with Crippen LogP contribution in [0.1, 0.15) is 5.56 Å². The summed E-state index contributed by atoms with van der Waals surface area (Å²) in [6, 6.07) is 8.11. The molecular weight excluding hydrogens is 420 g/mol. The van der Waals surface area contributed by atoms with Gasteiger partial charge in [-0.25, -0.2) is 0 Å². The third-order valence-corrected chi connectivity index (χ3v) is 4.57. The van der Waals surface area contributed by atoms with Crippen molar-refractivity contribution in [2.24, 2.45) is 0 Å². The van der Waals surface area contributed by atoms with Crippen LogP contribution >= 0.6 is 61.5 Å². The number of benzene rings is 1. The Kier molecular flexibility index (Phi) is 4.52. The first-order valence-corrected chi connectivity index (χ1v) is 7.70. The Morgan fingerprint density at radius 1 is 1.38 bits per heavy atom. The third kappa shape index (κ3) is 3.35. The molecule has 0 bridgehead atoms. The molecule has 2 aromatic rings.